The van der Waals surface area contributed by atoms with Gasteiger partial charge in [-0.05, 0) is 55.6 Å². The zero-order valence-corrected chi connectivity index (χ0v) is 21.2. The summed E-state index contributed by atoms with van der Waals surface area (Å²) in [4.78, 5) is 45.6. The number of rotatable bonds is 5. The van der Waals surface area contributed by atoms with Crippen LogP contribution in [0.5, 0.6) is 5.75 Å². The number of hydrogen-bond acceptors (Lipinski definition) is 5. The number of ketones is 1. The number of carbonyl (C=O) groups excluding carboxylic acids is 3. The summed E-state index contributed by atoms with van der Waals surface area (Å²) in [7, 11) is 0. The molecule has 2 N–H and O–H groups in total. The van der Waals surface area contributed by atoms with E-state index in [2.05, 4.69) is 15.5 Å². The largest absolute Gasteiger partial charge is 0.494 e. The molecule has 7 nitrogen and oxygen atoms in total. The van der Waals surface area contributed by atoms with Crippen LogP contribution < -0.4 is 15.4 Å². The average molecular weight is 508 g/mol. The van der Waals surface area contributed by atoms with Crippen LogP contribution in [0.25, 0.3) is 0 Å². The van der Waals surface area contributed by atoms with Gasteiger partial charge in [0.05, 0.1) is 12.5 Å². The van der Waals surface area contributed by atoms with Crippen molar-refractivity contribution in [2.45, 2.75) is 43.2 Å². The van der Waals surface area contributed by atoms with Crippen molar-refractivity contribution in [3.63, 3.8) is 0 Å². The van der Waals surface area contributed by atoms with Gasteiger partial charge in [0.15, 0.2) is 5.78 Å². The van der Waals surface area contributed by atoms with E-state index in [1.807, 2.05) is 67.6 Å². The monoisotopic (exact) mass is 507 g/mol. The van der Waals surface area contributed by atoms with Crippen molar-refractivity contribution in [1.82, 2.24) is 4.90 Å². The lowest BCUT2D eigenvalue weighted by molar-refractivity contribution is -0.137. The maximum Gasteiger partial charge on any atom is 0.251 e. The first-order chi connectivity index (χ1) is 18.5. The van der Waals surface area contributed by atoms with Crippen molar-refractivity contribution < 1.29 is 19.1 Å². The number of hydrogen-bond donors (Lipinski definition) is 2. The van der Waals surface area contributed by atoms with Gasteiger partial charge >= 0.3 is 0 Å². The third-order valence-corrected chi connectivity index (χ3v) is 8.88. The number of para-hydroxylation sites is 2. The van der Waals surface area contributed by atoms with Crippen LogP contribution in [-0.4, -0.2) is 41.7 Å². The van der Waals surface area contributed by atoms with Gasteiger partial charge in [-0.3, -0.25) is 19.3 Å². The molecule has 4 heterocycles. The standard InChI is InChI=1S/C31H29N3O4/c1-2-17-38-20-10-7-9-19(18-20)27(35)26-25-15-8-16-34(25)31(22-12-4-6-14-24(22)33-29(31)37)30(26)21-11-3-5-13-23(21)32-28(30)36/h3-7,9-14,18,25-26H,2,8,15-17H2,1H3,(H,32,36)(H,33,37). The predicted octanol–water partition coefficient (Wildman–Crippen LogP) is 4.49. The van der Waals surface area contributed by atoms with Crippen LogP contribution in [0.3, 0.4) is 0 Å². The first kappa shape index (κ1) is 23.2. The molecule has 38 heavy (non-hydrogen) atoms. The normalized spacial score (nSPS) is 28.8. The third kappa shape index (κ3) is 2.69. The SMILES string of the molecule is CCCOc1cccc(C(=O)C2C3CCCN3C3(C(=O)Nc4ccccc43)C23C(=O)Nc2ccccc23)c1. The first-order valence-electron chi connectivity index (χ1n) is 13.4. The van der Waals surface area contributed by atoms with E-state index < -0.39 is 16.9 Å². The maximum absolute atomic E-state index is 14.7. The fourth-order valence-corrected chi connectivity index (χ4v) is 7.67. The van der Waals surface area contributed by atoms with Crippen LogP contribution in [0, 0.1) is 5.92 Å². The molecule has 4 atom stereocenters. The van der Waals surface area contributed by atoms with E-state index in [4.69, 9.17) is 4.74 Å². The van der Waals surface area contributed by atoms with E-state index in [9.17, 15) is 14.4 Å². The highest BCUT2D eigenvalue weighted by Crippen LogP contribution is 2.67. The molecule has 2 saturated heterocycles. The number of Topliss-reactive ketones (excluding diaryl/α,β-unsaturated/α-hetero) is 1. The summed E-state index contributed by atoms with van der Waals surface area (Å²) in [5, 5.41) is 6.16. The Bertz CT molecular complexity index is 1500. The quantitative estimate of drug-likeness (QED) is 0.497. The molecular weight excluding hydrogens is 478 g/mol. The van der Waals surface area contributed by atoms with E-state index >= 15 is 0 Å². The van der Waals surface area contributed by atoms with Crippen LogP contribution in [0.2, 0.25) is 0 Å². The Kier molecular flexibility index (Phi) is 5.04. The molecule has 3 aromatic carbocycles. The molecule has 4 unspecified atom stereocenters. The van der Waals surface area contributed by atoms with Gasteiger partial charge in [0.2, 0.25) is 5.91 Å². The number of benzene rings is 3. The van der Waals surface area contributed by atoms with Gasteiger partial charge < -0.3 is 15.4 Å². The molecule has 0 saturated carbocycles. The summed E-state index contributed by atoms with van der Waals surface area (Å²) in [5.41, 5.74) is 0.564. The molecule has 3 aromatic rings. The average Bonchev–Trinajstić information content (AvgIpc) is 3.66. The van der Waals surface area contributed by atoms with Crippen molar-refractivity contribution in [2.24, 2.45) is 5.92 Å². The first-order valence-corrected chi connectivity index (χ1v) is 13.4. The highest BCUT2D eigenvalue weighted by molar-refractivity contribution is 6.21. The summed E-state index contributed by atoms with van der Waals surface area (Å²) < 4.78 is 5.84. The van der Waals surface area contributed by atoms with Gasteiger partial charge in [-0.15, -0.1) is 0 Å². The Labute approximate surface area is 221 Å². The molecule has 4 aliphatic heterocycles. The second kappa shape index (κ2) is 8.27. The molecule has 7 rings (SSSR count). The maximum atomic E-state index is 14.7. The lowest BCUT2D eigenvalue weighted by atomic mass is 9.57. The highest BCUT2D eigenvalue weighted by Gasteiger charge is 2.81. The van der Waals surface area contributed by atoms with E-state index in [0.29, 0.717) is 41.4 Å². The second-order valence-corrected chi connectivity index (χ2v) is 10.6. The van der Waals surface area contributed by atoms with E-state index in [0.717, 1.165) is 24.8 Å². The molecule has 2 amide bonds. The molecule has 0 aromatic heterocycles. The van der Waals surface area contributed by atoms with Gasteiger partial charge in [-0.25, -0.2) is 0 Å². The minimum absolute atomic E-state index is 0.134. The molecule has 0 radical (unpaired) electrons. The smallest absolute Gasteiger partial charge is 0.251 e. The Morgan fingerprint density at radius 3 is 2.45 bits per heavy atom. The topological polar surface area (TPSA) is 87.7 Å². The molecule has 2 spiro atoms. The minimum atomic E-state index is -1.43. The number of carbonyl (C=O) groups is 3. The lowest BCUT2D eigenvalue weighted by Gasteiger charge is -2.43. The Morgan fingerprint density at radius 1 is 0.947 bits per heavy atom. The summed E-state index contributed by atoms with van der Waals surface area (Å²) in [6.45, 7) is 3.22. The van der Waals surface area contributed by atoms with Crippen molar-refractivity contribution >= 4 is 29.0 Å². The molecule has 0 bridgehead atoms. The zero-order valence-electron chi connectivity index (χ0n) is 21.2. The summed E-state index contributed by atoms with van der Waals surface area (Å²) in [5.74, 6) is -0.802. The van der Waals surface area contributed by atoms with Crippen LogP contribution >= 0.6 is 0 Å². The second-order valence-electron chi connectivity index (χ2n) is 10.6. The van der Waals surface area contributed by atoms with Gasteiger partial charge in [0.1, 0.15) is 16.7 Å². The fourth-order valence-electron chi connectivity index (χ4n) is 7.67. The van der Waals surface area contributed by atoms with E-state index in [1.165, 1.54) is 0 Å². The predicted molar refractivity (Wildman–Crippen MR) is 143 cm³/mol. The van der Waals surface area contributed by atoms with Gasteiger partial charge in [0, 0.05) is 28.5 Å². The Balaban J connectivity index is 1.51. The van der Waals surface area contributed by atoms with Crippen LogP contribution in [-0.2, 0) is 20.5 Å². The van der Waals surface area contributed by atoms with Crippen molar-refractivity contribution in [3.05, 3.63) is 89.5 Å². The number of nitrogens with one attached hydrogen (secondary N) is 2. The number of ether oxygens (including phenoxy) is 1. The minimum Gasteiger partial charge on any atom is -0.494 e. The van der Waals surface area contributed by atoms with Crippen LogP contribution in [0.15, 0.2) is 72.8 Å². The molecule has 7 heteroatoms. The Hall–Kier alpha value is -3.97. The fraction of sp³-hybridized carbons (Fsp3) is 0.323. The highest BCUT2D eigenvalue weighted by atomic mass is 16.5. The molecule has 4 aliphatic rings. The number of anilines is 2. The van der Waals surface area contributed by atoms with E-state index in [1.54, 1.807) is 12.1 Å². The molecular formula is C31H29N3O4. The van der Waals surface area contributed by atoms with Gasteiger partial charge in [0.25, 0.3) is 5.91 Å². The molecule has 192 valence electrons. The number of amides is 2. The third-order valence-electron chi connectivity index (χ3n) is 8.88. The van der Waals surface area contributed by atoms with Gasteiger partial charge in [-0.2, -0.15) is 0 Å². The van der Waals surface area contributed by atoms with Crippen molar-refractivity contribution in [3.8, 4) is 5.75 Å². The van der Waals surface area contributed by atoms with Crippen LogP contribution in [0.1, 0.15) is 47.7 Å². The summed E-state index contributed by atoms with van der Waals surface area (Å²) in [6, 6.07) is 22.1. The van der Waals surface area contributed by atoms with Crippen molar-refractivity contribution in [2.75, 3.05) is 23.8 Å². The summed E-state index contributed by atoms with van der Waals surface area (Å²) in [6.07, 6.45) is 2.44. The Morgan fingerprint density at radius 2 is 1.66 bits per heavy atom. The number of nitrogens with zero attached hydrogens (tertiary/aromatic N) is 1. The zero-order chi connectivity index (χ0) is 26.1. The lowest BCUT2D eigenvalue weighted by Crippen LogP contribution is -2.62. The summed E-state index contributed by atoms with van der Waals surface area (Å²) >= 11 is 0. The van der Waals surface area contributed by atoms with Crippen molar-refractivity contribution in [1.29, 1.82) is 0 Å². The molecule has 2 fully saturated rings. The number of fused-ring (bicyclic) bond motifs is 7. The molecule has 0 aliphatic carbocycles. The van der Waals surface area contributed by atoms with E-state index in [-0.39, 0.29) is 23.6 Å². The van der Waals surface area contributed by atoms with Gasteiger partial charge in [-0.1, -0.05) is 55.5 Å². The van der Waals surface area contributed by atoms with Crippen LogP contribution in [0.4, 0.5) is 11.4 Å².